The molecule has 1 fully saturated rings. The van der Waals surface area contributed by atoms with Crippen molar-refractivity contribution in [1.82, 2.24) is 4.98 Å². The summed E-state index contributed by atoms with van der Waals surface area (Å²) in [5.41, 5.74) is 0.769. The predicted octanol–water partition coefficient (Wildman–Crippen LogP) is 2.22. The monoisotopic (exact) mass is 399 g/mol. The van der Waals surface area contributed by atoms with Crippen molar-refractivity contribution in [3.8, 4) is 0 Å². The van der Waals surface area contributed by atoms with Crippen LogP contribution >= 0.6 is 11.3 Å². The summed E-state index contributed by atoms with van der Waals surface area (Å²) in [5.74, 6) is -0.787. The van der Waals surface area contributed by atoms with Crippen LogP contribution in [0.1, 0.15) is 20.3 Å². The van der Waals surface area contributed by atoms with Crippen LogP contribution in [0.2, 0.25) is 0 Å². The third-order valence-corrected chi connectivity index (χ3v) is 5.91. The number of nitrogens with zero attached hydrogens (tertiary/aromatic N) is 1. The summed E-state index contributed by atoms with van der Waals surface area (Å²) in [4.78, 5) is 4.07. The molecule has 1 aliphatic heterocycles. The number of anilines is 2. The lowest BCUT2D eigenvalue weighted by molar-refractivity contribution is -0.174. The van der Waals surface area contributed by atoms with Crippen molar-refractivity contribution in [3.05, 3.63) is 35.8 Å². The highest BCUT2D eigenvalue weighted by Gasteiger charge is 2.39. The number of benzene rings is 1. The zero-order chi connectivity index (χ0) is 18.8. The molecule has 142 valence electrons. The maximum absolute atomic E-state index is 12.3. The fraction of sp³-hybridized carbons (Fsp3) is 0.438. The molecule has 1 aromatic heterocycles. The molecular formula is C16H21N3O5S2. The molecule has 2 atom stereocenters. The highest BCUT2D eigenvalue weighted by Crippen LogP contribution is 2.28. The molecule has 0 amide bonds. The summed E-state index contributed by atoms with van der Waals surface area (Å²) in [6.45, 7) is 4.05. The molecule has 0 bridgehead atoms. The summed E-state index contributed by atoms with van der Waals surface area (Å²) in [7, 11) is -3.65. The molecule has 2 unspecified atom stereocenters. The first kappa shape index (κ1) is 19.1. The molecule has 26 heavy (non-hydrogen) atoms. The van der Waals surface area contributed by atoms with Gasteiger partial charge in [0.25, 0.3) is 10.0 Å². The number of ether oxygens (including phenoxy) is 2. The van der Waals surface area contributed by atoms with Crippen molar-refractivity contribution in [1.29, 1.82) is 0 Å². The smallest absolute Gasteiger partial charge is 0.263 e. The van der Waals surface area contributed by atoms with Crippen LogP contribution in [0.25, 0.3) is 0 Å². The standard InChI is InChI=1S/C16H21N3O5S2/c1-16(2)23-13(14(20)24-16)7-8-17-11-3-5-12(6-4-11)26(21,22)19-15-18-9-10-25-15/h3-6,9-10,13-14,17,20H,7-8H2,1-2H3,(H,18,19). The highest BCUT2D eigenvalue weighted by atomic mass is 32.2. The highest BCUT2D eigenvalue weighted by molar-refractivity contribution is 7.93. The largest absolute Gasteiger partial charge is 0.385 e. The summed E-state index contributed by atoms with van der Waals surface area (Å²) in [6.07, 6.45) is 0.735. The van der Waals surface area contributed by atoms with E-state index in [0.29, 0.717) is 18.1 Å². The van der Waals surface area contributed by atoms with Gasteiger partial charge < -0.3 is 19.9 Å². The summed E-state index contributed by atoms with van der Waals surface area (Å²) >= 11 is 1.21. The van der Waals surface area contributed by atoms with Crippen molar-refractivity contribution < 1.29 is 23.0 Å². The zero-order valence-corrected chi connectivity index (χ0v) is 16.0. The van der Waals surface area contributed by atoms with Crippen LogP contribution in [0.15, 0.2) is 40.7 Å². The molecule has 3 rings (SSSR count). The van der Waals surface area contributed by atoms with Crippen LogP contribution in [0.5, 0.6) is 0 Å². The van der Waals surface area contributed by atoms with Crippen LogP contribution in [0.4, 0.5) is 10.8 Å². The van der Waals surface area contributed by atoms with Crippen molar-refractivity contribution in [2.45, 2.75) is 43.3 Å². The van der Waals surface area contributed by atoms with Gasteiger partial charge in [0.1, 0.15) is 6.10 Å². The van der Waals surface area contributed by atoms with Crippen molar-refractivity contribution in [2.75, 3.05) is 16.6 Å². The molecule has 0 aliphatic carbocycles. The number of rotatable bonds is 7. The van der Waals surface area contributed by atoms with E-state index < -0.39 is 28.2 Å². The fourth-order valence-electron chi connectivity index (χ4n) is 2.58. The number of thiazole rings is 1. The molecule has 0 radical (unpaired) electrons. The quantitative estimate of drug-likeness (QED) is 0.655. The van der Waals surface area contributed by atoms with E-state index >= 15 is 0 Å². The van der Waals surface area contributed by atoms with Gasteiger partial charge in [-0.15, -0.1) is 11.3 Å². The van der Waals surface area contributed by atoms with Crippen LogP contribution in [0, 0.1) is 0 Å². The van der Waals surface area contributed by atoms with Crippen LogP contribution < -0.4 is 10.0 Å². The number of aromatic nitrogens is 1. The van der Waals surface area contributed by atoms with Gasteiger partial charge in [-0.25, -0.2) is 13.4 Å². The molecule has 10 heteroatoms. The third-order valence-electron chi connectivity index (χ3n) is 3.73. The Morgan fingerprint density at radius 1 is 1.27 bits per heavy atom. The van der Waals surface area contributed by atoms with Crippen molar-refractivity contribution >= 4 is 32.2 Å². The second kappa shape index (κ2) is 7.49. The number of sulfonamides is 1. The van der Waals surface area contributed by atoms with E-state index in [1.165, 1.54) is 29.7 Å². The first-order chi connectivity index (χ1) is 12.3. The topological polar surface area (TPSA) is 110 Å². The number of aliphatic hydroxyl groups excluding tert-OH is 1. The Kier molecular flexibility index (Phi) is 5.49. The van der Waals surface area contributed by atoms with E-state index in [9.17, 15) is 13.5 Å². The number of hydrogen-bond acceptors (Lipinski definition) is 8. The van der Waals surface area contributed by atoms with Gasteiger partial charge in [-0.2, -0.15) is 0 Å². The van der Waals surface area contributed by atoms with Gasteiger partial charge >= 0.3 is 0 Å². The van der Waals surface area contributed by atoms with E-state index in [1.54, 1.807) is 31.4 Å². The lowest BCUT2D eigenvalue weighted by atomic mass is 10.2. The van der Waals surface area contributed by atoms with Gasteiger partial charge in [-0.1, -0.05) is 0 Å². The van der Waals surface area contributed by atoms with Gasteiger partial charge in [0.2, 0.25) is 0 Å². The van der Waals surface area contributed by atoms with Gasteiger partial charge in [0, 0.05) is 23.8 Å². The molecular weight excluding hydrogens is 378 g/mol. The maximum atomic E-state index is 12.3. The Balaban J connectivity index is 1.53. The summed E-state index contributed by atoms with van der Waals surface area (Å²) < 4.78 is 37.9. The molecule has 1 aliphatic rings. The molecule has 8 nitrogen and oxygen atoms in total. The van der Waals surface area contributed by atoms with Gasteiger partial charge in [0.15, 0.2) is 17.2 Å². The van der Waals surface area contributed by atoms with E-state index in [4.69, 9.17) is 9.47 Å². The maximum Gasteiger partial charge on any atom is 0.263 e. The van der Waals surface area contributed by atoms with E-state index in [-0.39, 0.29) is 4.90 Å². The molecule has 0 saturated carbocycles. The van der Waals surface area contributed by atoms with Crippen LogP contribution in [0.3, 0.4) is 0 Å². The Morgan fingerprint density at radius 2 is 2.00 bits per heavy atom. The Labute approximate surface area is 156 Å². The molecule has 3 N–H and O–H groups in total. The van der Waals surface area contributed by atoms with E-state index in [2.05, 4.69) is 15.0 Å². The third kappa shape index (κ3) is 4.71. The van der Waals surface area contributed by atoms with E-state index in [0.717, 1.165) is 5.69 Å². The van der Waals surface area contributed by atoms with Gasteiger partial charge in [0.05, 0.1) is 4.90 Å². The number of hydrogen-bond donors (Lipinski definition) is 3. The predicted molar refractivity (Wildman–Crippen MR) is 98.5 cm³/mol. The average molecular weight is 399 g/mol. The molecule has 2 aromatic rings. The second-order valence-corrected chi connectivity index (χ2v) is 8.82. The van der Waals surface area contributed by atoms with E-state index in [1.807, 2.05) is 0 Å². The fourth-order valence-corrected chi connectivity index (χ4v) is 4.37. The Bertz CT molecular complexity index is 822. The first-order valence-electron chi connectivity index (χ1n) is 8.05. The summed E-state index contributed by atoms with van der Waals surface area (Å²) in [6, 6.07) is 6.41. The minimum atomic E-state index is -3.65. The Morgan fingerprint density at radius 3 is 2.58 bits per heavy atom. The minimum Gasteiger partial charge on any atom is -0.385 e. The lowest BCUT2D eigenvalue weighted by Gasteiger charge is -2.16. The molecule has 0 spiro atoms. The molecule has 2 heterocycles. The van der Waals surface area contributed by atoms with Crippen molar-refractivity contribution in [3.63, 3.8) is 0 Å². The zero-order valence-electron chi connectivity index (χ0n) is 14.4. The number of aliphatic hydroxyl groups is 1. The normalized spacial score (nSPS) is 22.3. The molecule has 1 aromatic carbocycles. The lowest BCUT2D eigenvalue weighted by Crippen LogP contribution is -2.24. The SMILES string of the molecule is CC1(C)OC(O)C(CCNc2ccc(S(=O)(=O)Nc3nccs3)cc2)O1. The van der Waals surface area contributed by atoms with Gasteiger partial charge in [-0.05, 0) is 44.5 Å². The number of nitrogens with one attached hydrogen (secondary N) is 2. The second-order valence-electron chi connectivity index (χ2n) is 6.25. The van der Waals surface area contributed by atoms with Gasteiger partial charge in [-0.3, -0.25) is 4.72 Å². The van der Waals surface area contributed by atoms with Crippen LogP contribution in [-0.2, 0) is 19.5 Å². The molecule has 1 saturated heterocycles. The minimum absolute atomic E-state index is 0.156. The van der Waals surface area contributed by atoms with Crippen molar-refractivity contribution in [2.24, 2.45) is 0 Å². The summed E-state index contributed by atoms with van der Waals surface area (Å²) in [5, 5.41) is 15.0. The average Bonchev–Trinajstić information content (AvgIpc) is 3.14. The Hall–Kier alpha value is -1.72. The van der Waals surface area contributed by atoms with Crippen LogP contribution in [-0.4, -0.2) is 43.2 Å². The first-order valence-corrected chi connectivity index (χ1v) is 10.4.